The lowest BCUT2D eigenvalue weighted by molar-refractivity contribution is 0.130. The van der Waals surface area contributed by atoms with Crippen LogP contribution in [0.5, 0.6) is 11.5 Å². The van der Waals surface area contributed by atoms with E-state index in [1.165, 1.54) is 0 Å². The number of rotatable bonds is 9. The minimum absolute atomic E-state index is 0.0935. The van der Waals surface area contributed by atoms with Gasteiger partial charge < -0.3 is 24.1 Å². The molecule has 1 aromatic rings. The first-order valence-electron chi connectivity index (χ1n) is 5.79. The molecule has 0 aromatic heterocycles. The van der Waals surface area contributed by atoms with Gasteiger partial charge in [-0.1, -0.05) is 12.1 Å². The zero-order chi connectivity index (χ0) is 13.2. The third kappa shape index (κ3) is 4.52. The normalized spacial score (nSPS) is 10.4. The van der Waals surface area contributed by atoms with Gasteiger partial charge in [0.1, 0.15) is 13.2 Å². The number of aliphatic hydroxyl groups is 1. The monoisotopic (exact) mass is 256 g/mol. The number of methoxy groups -OCH3 is 2. The second-order valence-electron chi connectivity index (χ2n) is 3.59. The van der Waals surface area contributed by atoms with Gasteiger partial charge in [-0.25, -0.2) is 0 Å². The lowest BCUT2D eigenvalue weighted by atomic mass is 10.2. The molecule has 1 rings (SSSR count). The molecule has 0 bridgehead atoms. The van der Waals surface area contributed by atoms with E-state index in [1.54, 1.807) is 26.4 Å². The minimum Gasteiger partial charge on any atom is -0.487 e. The molecule has 5 nitrogen and oxygen atoms in total. The largest absolute Gasteiger partial charge is 0.487 e. The van der Waals surface area contributed by atoms with Gasteiger partial charge in [-0.05, 0) is 6.07 Å². The van der Waals surface area contributed by atoms with Crippen molar-refractivity contribution in [2.75, 3.05) is 40.6 Å². The van der Waals surface area contributed by atoms with E-state index in [0.717, 1.165) is 0 Å². The smallest absolute Gasteiger partial charge is 0.166 e. The van der Waals surface area contributed by atoms with Gasteiger partial charge in [-0.2, -0.15) is 0 Å². The summed E-state index contributed by atoms with van der Waals surface area (Å²) in [6.07, 6.45) is 0. The molecule has 0 heterocycles. The molecule has 0 saturated heterocycles. The third-order valence-corrected chi connectivity index (χ3v) is 2.31. The molecular formula is C13H20O5. The van der Waals surface area contributed by atoms with Gasteiger partial charge in [0, 0.05) is 19.8 Å². The zero-order valence-electron chi connectivity index (χ0n) is 10.8. The molecule has 0 amide bonds. The van der Waals surface area contributed by atoms with Crippen molar-refractivity contribution in [3.05, 3.63) is 23.8 Å². The number of hydrogen-bond acceptors (Lipinski definition) is 5. The molecule has 0 atom stereocenters. The topological polar surface area (TPSA) is 57.2 Å². The van der Waals surface area contributed by atoms with Crippen LogP contribution in [0.25, 0.3) is 0 Å². The minimum atomic E-state index is -0.0935. The first-order chi connectivity index (χ1) is 8.83. The Morgan fingerprint density at radius 1 is 0.944 bits per heavy atom. The zero-order valence-corrected chi connectivity index (χ0v) is 10.8. The Morgan fingerprint density at radius 3 is 2.22 bits per heavy atom. The lowest BCUT2D eigenvalue weighted by Crippen LogP contribution is -2.10. The molecule has 102 valence electrons. The molecule has 1 N–H and O–H groups in total. The van der Waals surface area contributed by atoms with Gasteiger partial charge in [-0.15, -0.1) is 0 Å². The summed E-state index contributed by atoms with van der Waals surface area (Å²) in [5.41, 5.74) is 0.695. The van der Waals surface area contributed by atoms with Crippen LogP contribution >= 0.6 is 0 Å². The van der Waals surface area contributed by atoms with Crippen molar-refractivity contribution in [1.82, 2.24) is 0 Å². The summed E-state index contributed by atoms with van der Waals surface area (Å²) in [6.45, 7) is 1.74. The van der Waals surface area contributed by atoms with Crippen LogP contribution in [-0.2, 0) is 16.1 Å². The van der Waals surface area contributed by atoms with E-state index in [2.05, 4.69) is 0 Å². The molecule has 5 heteroatoms. The Hall–Kier alpha value is -1.30. The Kier molecular flexibility index (Phi) is 7.17. The van der Waals surface area contributed by atoms with E-state index in [9.17, 15) is 5.11 Å². The summed E-state index contributed by atoms with van der Waals surface area (Å²) in [4.78, 5) is 0. The van der Waals surface area contributed by atoms with Gasteiger partial charge in [0.2, 0.25) is 0 Å². The third-order valence-electron chi connectivity index (χ3n) is 2.31. The summed E-state index contributed by atoms with van der Waals surface area (Å²) in [5, 5.41) is 9.28. The van der Waals surface area contributed by atoms with Crippen molar-refractivity contribution >= 4 is 0 Å². The van der Waals surface area contributed by atoms with E-state index in [-0.39, 0.29) is 6.61 Å². The molecule has 0 radical (unpaired) electrons. The quantitative estimate of drug-likeness (QED) is 0.673. The fraction of sp³-hybridized carbons (Fsp3) is 0.538. The average Bonchev–Trinajstić information content (AvgIpc) is 2.40. The summed E-state index contributed by atoms with van der Waals surface area (Å²) < 4.78 is 21.0. The molecule has 0 aliphatic rings. The highest BCUT2D eigenvalue weighted by Gasteiger charge is 2.10. The standard InChI is InChI=1S/C13H20O5/c1-15-6-8-17-12-5-3-4-11(10-14)13(12)18-9-7-16-2/h3-5,14H,6-10H2,1-2H3. The van der Waals surface area contributed by atoms with Crippen LogP contribution in [0.1, 0.15) is 5.56 Å². The molecule has 0 aliphatic carbocycles. The number of aliphatic hydroxyl groups excluding tert-OH is 1. The molecule has 0 unspecified atom stereocenters. The van der Waals surface area contributed by atoms with Gasteiger partial charge in [0.15, 0.2) is 11.5 Å². The molecule has 1 aromatic carbocycles. The van der Waals surface area contributed by atoms with Crippen molar-refractivity contribution in [2.45, 2.75) is 6.61 Å². The fourth-order valence-corrected chi connectivity index (χ4v) is 1.43. The highest BCUT2D eigenvalue weighted by molar-refractivity contribution is 5.46. The average molecular weight is 256 g/mol. The maximum Gasteiger partial charge on any atom is 0.166 e. The van der Waals surface area contributed by atoms with E-state index < -0.39 is 0 Å². The second kappa shape index (κ2) is 8.74. The highest BCUT2D eigenvalue weighted by atomic mass is 16.5. The van der Waals surface area contributed by atoms with E-state index >= 15 is 0 Å². The molecule has 0 saturated carbocycles. The van der Waals surface area contributed by atoms with Crippen molar-refractivity contribution < 1.29 is 24.1 Å². The summed E-state index contributed by atoms with van der Waals surface area (Å²) in [6, 6.07) is 5.42. The van der Waals surface area contributed by atoms with Crippen LogP contribution in [0.15, 0.2) is 18.2 Å². The van der Waals surface area contributed by atoms with Gasteiger partial charge in [0.05, 0.1) is 19.8 Å². The van der Waals surface area contributed by atoms with Crippen molar-refractivity contribution in [2.24, 2.45) is 0 Å². The van der Waals surface area contributed by atoms with Crippen molar-refractivity contribution in [3.8, 4) is 11.5 Å². The fourth-order valence-electron chi connectivity index (χ4n) is 1.43. The first kappa shape index (κ1) is 14.8. The van der Waals surface area contributed by atoms with Gasteiger partial charge >= 0.3 is 0 Å². The highest BCUT2D eigenvalue weighted by Crippen LogP contribution is 2.31. The SMILES string of the molecule is COCCOc1cccc(CO)c1OCCOC. The maximum absolute atomic E-state index is 9.28. The molecule has 18 heavy (non-hydrogen) atoms. The molecule has 0 spiro atoms. The maximum atomic E-state index is 9.28. The number of para-hydroxylation sites is 1. The van der Waals surface area contributed by atoms with Gasteiger partial charge in [-0.3, -0.25) is 0 Å². The van der Waals surface area contributed by atoms with Crippen LogP contribution < -0.4 is 9.47 Å². The molecule has 0 fully saturated rings. The van der Waals surface area contributed by atoms with Crippen molar-refractivity contribution in [1.29, 1.82) is 0 Å². The molecular weight excluding hydrogens is 236 g/mol. The predicted molar refractivity (Wildman–Crippen MR) is 67.1 cm³/mol. The summed E-state index contributed by atoms with van der Waals surface area (Å²) >= 11 is 0. The lowest BCUT2D eigenvalue weighted by Gasteiger charge is -2.15. The van der Waals surface area contributed by atoms with Gasteiger partial charge in [0.25, 0.3) is 0 Å². The predicted octanol–water partition coefficient (Wildman–Crippen LogP) is 1.23. The number of ether oxygens (including phenoxy) is 4. The van der Waals surface area contributed by atoms with E-state index in [1.807, 2.05) is 6.07 Å². The number of benzene rings is 1. The summed E-state index contributed by atoms with van der Waals surface area (Å²) in [7, 11) is 3.22. The Bertz CT molecular complexity index is 340. The van der Waals surface area contributed by atoms with E-state index in [4.69, 9.17) is 18.9 Å². The Morgan fingerprint density at radius 2 is 1.61 bits per heavy atom. The molecule has 0 aliphatic heterocycles. The second-order valence-corrected chi connectivity index (χ2v) is 3.59. The van der Waals surface area contributed by atoms with Crippen LogP contribution in [0.4, 0.5) is 0 Å². The van der Waals surface area contributed by atoms with Crippen LogP contribution in [-0.4, -0.2) is 45.8 Å². The number of hydrogen-bond donors (Lipinski definition) is 1. The van der Waals surface area contributed by atoms with Crippen molar-refractivity contribution in [3.63, 3.8) is 0 Å². The van der Waals surface area contributed by atoms with E-state index in [0.29, 0.717) is 43.5 Å². The van der Waals surface area contributed by atoms with Crippen LogP contribution in [0, 0.1) is 0 Å². The van der Waals surface area contributed by atoms with Crippen LogP contribution in [0.3, 0.4) is 0 Å². The first-order valence-corrected chi connectivity index (χ1v) is 5.79. The van der Waals surface area contributed by atoms with Crippen LogP contribution in [0.2, 0.25) is 0 Å². The Labute approximate surface area is 107 Å². The Balaban J connectivity index is 2.72. The summed E-state index contributed by atoms with van der Waals surface area (Å²) in [5.74, 6) is 1.17.